The maximum atomic E-state index is 10.6. The van der Waals surface area contributed by atoms with E-state index in [2.05, 4.69) is 0 Å². The third-order valence-corrected chi connectivity index (χ3v) is 3.39. The van der Waals surface area contributed by atoms with Gasteiger partial charge in [0.1, 0.15) is 12.0 Å². The van der Waals surface area contributed by atoms with Crippen molar-refractivity contribution in [3.8, 4) is 5.75 Å². The Kier molecular flexibility index (Phi) is 4.36. The largest absolute Gasteiger partial charge is 0.495 e. The van der Waals surface area contributed by atoms with Crippen molar-refractivity contribution in [3.05, 3.63) is 27.8 Å². The second-order valence-corrected chi connectivity index (χ2v) is 4.44. The molecule has 0 aromatic heterocycles. The fraction of sp³-hybridized carbons (Fsp3) is 0.462. The molecule has 1 unspecified atom stereocenters. The first-order chi connectivity index (χ1) is 7.52. The Morgan fingerprint density at radius 1 is 1.50 bits per heavy atom. The molecule has 0 bridgehead atoms. The number of aldehydes is 1. The zero-order valence-corrected chi connectivity index (χ0v) is 10.9. The van der Waals surface area contributed by atoms with Crippen LogP contribution in [0.4, 0.5) is 0 Å². The molecule has 0 radical (unpaired) electrons. The molecule has 16 heavy (non-hydrogen) atoms. The van der Waals surface area contributed by atoms with Crippen molar-refractivity contribution >= 4 is 17.9 Å². The van der Waals surface area contributed by atoms with Gasteiger partial charge in [-0.25, -0.2) is 0 Å². The summed E-state index contributed by atoms with van der Waals surface area (Å²) in [5.74, 6) is 0.823. The summed E-state index contributed by atoms with van der Waals surface area (Å²) in [5.41, 5.74) is 3.15. The lowest BCUT2D eigenvalue weighted by atomic mass is 9.94. The summed E-state index contributed by atoms with van der Waals surface area (Å²) in [6, 6.07) is 2.05. The summed E-state index contributed by atoms with van der Waals surface area (Å²) in [6.07, 6.45) is 1.41. The molecule has 0 aliphatic rings. The van der Waals surface area contributed by atoms with Gasteiger partial charge in [-0.2, -0.15) is 0 Å². The lowest BCUT2D eigenvalue weighted by Crippen LogP contribution is -2.01. The van der Waals surface area contributed by atoms with Crippen LogP contribution in [0.25, 0.3) is 0 Å². The molecule has 88 valence electrons. The van der Waals surface area contributed by atoms with Crippen LogP contribution >= 0.6 is 11.6 Å². The van der Waals surface area contributed by atoms with Gasteiger partial charge in [0, 0.05) is 6.42 Å². The van der Waals surface area contributed by atoms with Crippen molar-refractivity contribution in [2.75, 3.05) is 7.11 Å². The van der Waals surface area contributed by atoms with Gasteiger partial charge in [-0.3, -0.25) is 0 Å². The highest BCUT2D eigenvalue weighted by Crippen LogP contribution is 2.38. The summed E-state index contributed by atoms with van der Waals surface area (Å²) in [7, 11) is 1.60. The highest BCUT2D eigenvalue weighted by molar-refractivity contribution is 6.33. The van der Waals surface area contributed by atoms with E-state index in [1.165, 1.54) is 0 Å². The van der Waals surface area contributed by atoms with Crippen molar-refractivity contribution < 1.29 is 9.53 Å². The smallest absolute Gasteiger partial charge is 0.141 e. The SMILES string of the molecule is COc1c(C(C)CC=O)cc(C)c(C)c1Cl. The Labute approximate surface area is 102 Å². The minimum absolute atomic E-state index is 0.129. The number of benzene rings is 1. The fourth-order valence-electron chi connectivity index (χ4n) is 1.72. The van der Waals surface area contributed by atoms with Crippen molar-refractivity contribution in [2.45, 2.75) is 33.1 Å². The highest BCUT2D eigenvalue weighted by Gasteiger charge is 2.17. The minimum atomic E-state index is 0.129. The maximum absolute atomic E-state index is 10.6. The van der Waals surface area contributed by atoms with Crippen molar-refractivity contribution in [1.29, 1.82) is 0 Å². The van der Waals surface area contributed by atoms with Crippen LogP contribution in [0.15, 0.2) is 6.07 Å². The van der Waals surface area contributed by atoms with Crippen LogP contribution in [0.1, 0.15) is 36.0 Å². The Hall–Kier alpha value is -1.02. The van der Waals surface area contributed by atoms with Crippen molar-refractivity contribution in [1.82, 2.24) is 0 Å². The predicted octanol–water partition coefficient (Wildman–Crippen LogP) is 3.66. The van der Waals surface area contributed by atoms with E-state index in [0.717, 1.165) is 23.0 Å². The Bertz CT molecular complexity index is 399. The number of ether oxygens (including phenoxy) is 1. The van der Waals surface area contributed by atoms with Crippen LogP contribution in [0.3, 0.4) is 0 Å². The van der Waals surface area contributed by atoms with Gasteiger partial charge in [-0.1, -0.05) is 24.6 Å². The van der Waals surface area contributed by atoms with Gasteiger partial charge < -0.3 is 9.53 Å². The summed E-state index contributed by atoms with van der Waals surface area (Å²) < 4.78 is 5.33. The van der Waals surface area contributed by atoms with E-state index < -0.39 is 0 Å². The third-order valence-electron chi connectivity index (χ3n) is 2.94. The zero-order chi connectivity index (χ0) is 12.3. The molecule has 0 N–H and O–H groups in total. The number of methoxy groups -OCH3 is 1. The number of hydrogen-bond donors (Lipinski definition) is 0. The average Bonchev–Trinajstić information content (AvgIpc) is 2.26. The first-order valence-electron chi connectivity index (χ1n) is 5.30. The van der Waals surface area contributed by atoms with E-state index in [0.29, 0.717) is 17.2 Å². The van der Waals surface area contributed by atoms with Crippen LogP contribution < -0.4 is 4.74 Å². The van der Waals surface area contributed by atoms with Crippen LogP contribution in [0.2, 0.25) is 5.02 Å². The second-order valence-electron chi connectivity index (χ2n) is 4.06. The lowest BCUT2D eigenvalue weighted by Gasteiger charge is -2.18. The standard InChI is InChI=1S/C13H17ClO2/c1-8(5-6-15)11-7-9(2)10(3)12(14)13(11)16-4/h6-8H,5H2,1-4H3. The first kappa shape index (κ1) is 13.0. The molecule has 1 aromatic carbocycles. The number of rotatable bonds is 4. The highest BCUT2D eigenvalue weighted by atomic mass is 35.5. The molecular weight excluding hydrogens is 224 g/mol. The second kappa shape index (κ2) is 5.35. The maximum Gasteiger partial charge on any atom is 0.141 e. The molecule has 0 spiro atoms. The molecular formula is C13H17ClO2. The summed E-state index contributed by atoms with van der Waals surface area (Å²) in [5, 5.41) is 0.648. The van der Waals surface area contributed by atoms with Crippen molar-refractivity contribution in [3.63, 3.8) is 0 Å². The summed E-state index contributed by atoms with van der Waals surface area (Å²) >= 11 is 6.23. The monoisotopic (exact) mass is 240 g/mol. The molecule has 1 atom stereocenters. The fourth-order valence-corrected chi connectivity index (χ4v) is 2.06. The van der Waals surface area contributed by atoms with Crippen LogP contribution in [-0.2, 0) is 4.79 Å². The van der Waals surface area contributed by atoms with Gasteiger partial charge in [-0.05, 0) is 36.5 Å². The molecule has 1 aromatic rings. The van der Waals surface area contributed by atoms with E-state index in [9.17, 15) is 4.79 Å². The molecule has 0 heterocycles. The Morgan fingerprint density at radius 2 is 2.12 bits per heavy atom. The molecule has 0 aliphatic carbocycles. The normalized spacial score (nSPS) is 12.3. The van der Waals surface area contributed by atoms with E-state index >= 15 is 0 Å². The molecule has 2 nitrogen and oxygen atoms in total. The van der Waals surface area contributed by atoms with E-state index in [-0.39, 0.29) is 5.92 Å². The number of hydrogen-bond acceptors (Lipinski definition) is 2. The molecule has 0 saturated heterocycles. The molecule has 0 amide bonds. The molecule has 3 heteroatoms. The van der Waals surface area contributed by atoms with Gasteiger partial charge in [0.2, 0.25) is 0 Å². The topological polar surface area (TPSA) is 26.3 Å². The summed E-state index contributed by atoms with van der Waals surface area (Å²) in [4.78, 5) is 10.6. The van der Waals surface area contributed by atoms with Crippen molar-refractivity contribution in [2.24, 2.45) is 0 Å². The number of halogens is 1. The minimum Gasteiger partial charge on any atom is -0.495 e. The van der Waals surface area contributed by atoms with Gasteiger partial charge >= 0.3 is 0 Å². The average molecular weight is 241 g/mol. The number of carbonyl (C=O) groups excluding carboxylic acids is 1. The van der Waals surface area contributed by atoms with Gasteiger partial charge in [0.25, 0.3) is 0 Å². The molecule has 0 fully saturated rings. The third kappa shape index (κ3) is 2.38. The predicted molar refractivity (Wildman–Crippen MR) is 66.6 cm³/mol. The summed E-state index contributed by atoms with van der Waals surface area (Å²) in [6.45, 7) is 5.98. The lowest BCUT2D eigenvalue weighted by molar-refractivity contribution is -0.108. The van der Waals surface area contributed by atoms with Gasteiger partial charge in [0.15, 0.2) is 0 Å². The molecule has 0 saturated carbocycles. The van der Waals surface area contributed by atoms with E-state index in [1.807, 2.05) is 26.8 Å². The number of carbonyl (C=O) groups is 1. The van der Waals surface area contributed by atoms with Crippen LogP contribution in [0, 0.1) is 13.8 Å². The van der Waals surface area contributed by atoms with Crippen LogP contribution in [0.5, 0.6) is 5.75 Å². The van der Waals surface area contributed by atoms with Crippen LogP contribution in [-0.4, -0.2) is 13.4 Å². The van der Waals surface area contributed by atoms with E-state index in [1.54, 1.807) is 7.11 Å². The zero-order valence-electron chi connectivity index (χ0n) is 10.1. The van der Waals surface area contributed by atoms with Gasteiger partial charge in [0.05, 0.1) is 12.1 Å². The van der Waals surface area contributed by atoms with Gasteiger partial charge in [-0.15, -0.1) is 0 Å². The Morgan fingerprint density at radius 3 is 2.62 bits per heavy atom. The number of aryl methyl sites for hydroxylation is 1. The first-order valence-corrected chi connectivity index (χ1v) is 5.67. The quantitative estimate of drug-likeness (QED) is 0.751. The molecule has 0 aliphatic heterocycles. The van der Waals surface area contributed by atoms with E-state index in [4.69, 9.17) is 16.3 Å². The Balaban J connectivity index is 3.32. The molecule has 1 rings (SSSR count).